The van der Waals surface area contributed by atoms with E-state index in [-0.39, 0.29) is 0 Å². The van der Waals surface area contributed by atoms with Crippen LogP contribution in [0.15, 0.2) is 35.5 Å². The van der Waals surface area contributed by atoms with Crippen LogP contribution in [0, 0.1) is 0 Å². The number of benzene rings is 1. The van der Waals surface area contributed by atoms with Gasteiger partial charge in [0.2, 0.25) is 0 Å². The van der Waals surface area contributed by atoms with Crippen molar-refractivity contribution in [1.29, 1.82) is 0 Å². The van der Waals surface area contributed by atoms with Crippen molar-refractivity contribution in [3.8, 4) is 0 Å². The molecular weight excluding hydrogens is 232 g/mol. The Hall–Kier alpha value is -1.33. The zero-order valence-electron chi connectivity index (χ0n) is 10.1. The first-order chi connectivity index (χ1) is 8.29. The Morgan fingerprint density at radius 1 is 1.41 bits per heavy atom. The number of aromatic nitrogens is 3. The van der Waals surface area contributed by atoms with Gasteiger partial charge in [-0.2, -0.15) is 0 Å². The van der Waals surface area contributed by atoms with Crippen molar-refractivity contribution >= 4 is 11.8 Å². The minimum absolute atomic E-state index is 0.847. The molecule has 0 aliphatic carbocycles. The Balaban J connectivity index is 1.99. The van der Waals surface area contributed by atoms with Gasteiger partial charge < -0.3 is 9.88 Å². The van der Waals surface area contributed by atoms with Crippen molar-refractivity contribution in [2.24, 2.45) is 7.05 Å². The van der Waals surface area contributed by atoms with Crippen LogP contribution in [0.2, 0.25) is 0 Å². The largest absolute Gasteiger partial charge is 0.320 e. The van der Waals surface area contributed by atoms with E-state index >= 15 is 0 Å². The van der Waals surface area contributed by atoms with Gasteiger partial charge in [0.05, 0.1) is 5.75 Å². The maximum Gasteiger partial charge on any atom is 0.142 e. The normalized spacial score (nSPS) is 10.7. The lowest BCUT2D eigenvalue weighted by atomic mass is 10.2. The molecule has 90 valence electrons. The van der Waals surface area contributed by atoms with Gasteiger partial charge in [-0.1, -0.05) is 12.1 Å². The highest BCUT2D eigenvalue weighted by molar-refractivity contribution is 7.98. The Kier molecular flexibility index (Phi) is 4.17. The highest BCUT2D eigenvalue weighted by atomic mass is 32.2. The molecule has 1 aromatic carbocycles. The lowest BCUT2D eigenvalue weighted by Crippen LogP contribution is -2.04. The minimum Gasteiger partial charge on any atom is -0.320 e. The second kappa shape index (κ2) is 5.84. The second-order valence-corrected chi connectivity index (χ2v) is 4.87. The van der Waals surface area contributed by atoms with Crippen molar-refractivity contribution in [1.82, 2.24) is 20.1 Å². The van der Waals surface area contributed by atoms with Gasteiger partial charge in [-0.3, -0.25) is 0 Å². The highest BCUT2D eigenvalue weighted by Gasteiger charge is 2.02. The molecule has 1 heterocycles. The number of aryl methyl sites for hydroxylation is 1. The predicted molar refractivity (Wildman–Crippen MR) is 69.8 cm³/mol. The fraction of sp³-hybridized carbons (Fsp3) is 0.333. The van der Waals surface area contributed by atoms with Gasteiger partial charge in [0.15, 0.2) is 0 Å². The summed E-state index contributed by atoms with van der Waals surface area (Å²) in [5, 5.41) is 11.1. The first-order valence-electron chi connectivity index (χ1n) is 5.49. The summed E-state index contributed by atoms with van der Waals surface area (Å²) in [6.07, 6.45) is 1.73. The molecule has 0 amide bonds. The summed E-state index contributed by atoms with van der Waals surface area (Å²) in [6, 6.07) is 8.55. The third kappa shape index (κ3) is 3.31. The molecule has 1 N–H and O–H groups in total. The first-order valence-corrected chi connectivity index (χ1v) is 6.47. The summed E-state index contributed by atoms with van der Waals surface area (Å²) in [7, 11) is 3.92. The molecule has 0 fully saturated rings. The van der Waals surface area contributed by atoms with Gasteiger partial charge >= 0.3 is 0 Å². The molecule has 2 aromatic rings. The number of hydrogen-bond acceptors (Lipinski definition) is 4. The van der Waals surface area contributed by atoms with Gasteiger partial charge in [0.1, 0.15) is 12.2 Å². The van der Waals surface area contributed by atoms with Crippen molar-refractivity contribution < 1.29 is 0 Å². The van der Waals surface area contributed by atoms with E-state index in [0.717, 1.165) is 18.1 Å². The lowest BCUT2D eigenvalue weighted by Gasteiger charge is -2.04. The van der Waals surface area contributed by atoms with Crippen LogP contribution in [0.1, 0.15) is 11.4 Å². The Morgan fingerprint density at radius 3 is 3.00 bits per heavy atom. The summed E-state index contributed by atoms with van der Waals surface area (Å²) in [6.45, 7) is 0.901. The van der Waals surface area contributed by atoms with Crippen molar-refractivity contribution in [3.05, 3.63) is 42.0 Å². The maximum absolute atomic E-state index is 4.07. The molecule has 0 spiro atoms. The molecule has 0 aliphatic heterocycles. The summed E-state index contributed by atoms with van der Waals surface area (Å²) >= 11 is 1.78. The van der Waals surface area contributed by atoms with Crippen LogP contribution in [0.3, 0.4) is 0 Å². The van der Waals surface area contributed by atoms with Crippen LogP contribution in [-0.2, 0) is 19.3 Å². The van der Waals surface area contributed by atoms with Crippen LogP contribution in [0.25, 0.3) is 0 Å². The van der Waals surface area contributed by atoms with Crippen molar-refractivity contribution in [3.63, 3.8) is 0 Å². The molecule has 0 bridgehead atoms. The molecule has 5 heteroatoms. The molecule has 2 rings (SSSR count). The molecule has 4 nitrogen and oxygen atoms in total. The number of thioether (sulfide) groups is 1. The monoisotopic (exact) mass is 248 g/mol. The predicted octanol–water partition coefficient (Wildman–Crippen LogP) is 1.83. The van der Waals surface area contributed by atoms with Crippen LogP contribution in [-0.4, -0.2) is 21.8 Å². The molecule has 0 aliphatic rings. The Labute approximate surface area is 105 Å². The van der Waals surface area contributed by atoms with Crippen LogP contribution >= 0.6 is 11.8 Å². The maximum atomic E-state index is 4.07. The van der Waals surface area contributed by atoms with Gasteiger partial charge in [0.25, 0.3) is 0 Å². The highest BCUT2D eigenvalue weighted by Crippen LogP contribution is 2.22. The molecule has 0 saturated carbocycles. The third-order valence-corrected chi connectivity index (χ3v) is 3.44. The summed E-state index contributed by atoms with van der Waals surface area (Å²) < 4.78 is 1.95. The Morgan fingerprint density at radius 2 is 2.29 bits per heavy atom. The summed E-state index contributed by atoms with van der Waals surface area (Å²) in [4.78, 5) is 1.26. The first kappa shape index (κ1) is 12.1. The average Bonchev–Trinajstić information content (AvgIpc) is 2.73. The lowest BCUT2D eigenvalue weighted by molar-refractivity contribution is 0.815. The molecule has 0 saturated heterocycles. The van der Waals surface area contributed by atoms with E-state index in [1.54, 1.807) is 18.1 Å². The van der Waals surface area contributed by atoms with E-state index < -0.39 is 0 Å². The number of nitrogens with one attached hydrogen (secondary N) is 1. The molecule has 0 atom stereocenters. The zero-order valence-corrected chi connectivity index (χ0v) is 10.9. The quantitative estimate of drug-likeness (QED) is 0.820. The van der Waals surface area contributed by atoms with Crippen molar-refractivity contribution in [2.75, 3.05) is 7.05 Å². The third-order valence-electron chi connectivity index (χ3n) is 2.45. The number of rotatable bonds is 5. The van der Waals surface area contributed by atoms with Gasteiger partial charge in [-0.15, -0.1) is 22.0 Å². The van der Waals surface area contributed by atoms with Crippen molar-refractivity contribution in [2.45, 2.75) is 17.2 Å². The standard InChI is InChI=1S/C12H16N4S/c1-13-7-10-4-3-5-11(6-10)17-8-12-15-14-9-16(12)2/h3-6,9,13H,7-8H2,1-2H3. The van der Waals surface area contributed by atoms with E-state index in [9.17, 15) is 0 Å². The van der Waals surface area contributed by atoms with Gasteiger partial charge in [-0.25, -0.2) is 0 Å². The van der Waals surface area contributed by atoms with E-state index in [1.165, 1.54) is 10.5 Å². The molecular formula is C12H16N4S. The van der Waals surface area contributed by atoms with Crippen LogP contribution < -0.4 is 5.32 Å². The van der Waals surface area contributed by atoms with E-state index in [4.69, 9.17) is 0 Å². The molecule has 0 radical (unpaired) electrons. The fourth-order valence-electron chi connectivity index (χ4n) is 1.54. The van der Waals surface area contributed by atoms with Gasteiger partial charge in [-0.05, 0) is 24.7 Å². The molecule has 17 heavy (non-hydrogen) atoms. The van der Waals surface area contributed by atoms with E-state index in [0.29, 0.717) is 0 Å². The molecule has 1 aromatic heterocycles. The zero-order chi connectivity index (χ0) is 12.1. The Bertz CT molecular complexity index is 481. The second-order valence-electron chi connectivity index (χ2n) is 3.82. The van der Waals surface area contributed by atoms with Crippen LogP contribution in [0.5, 0.6) is 0 Å². The van der Waals surface area contributed by atoms with E-state index in [1.807, 2.05) is 18.7 Å². The SMILES string of the molecule is CNCc1cccc(SCc2nncn2C)c1. The van der Waals surface area contributed by atoms with Gasteiger partial charge in [0, 0.05) is 18.5 Å². The smallest absolute Gasteiger partial charge is 0.142 e. The molecule has 0 unspecified atom stereocenters. The summed E-state index contributed by atoms with van der Waals surface area (Å²) in [5.74, 6) is 1.84. The summed E-state index contributed by atoms with van der Waals surface area (Å²) in [5.41, 5.74) is 1.30. The minimum atomic E-state index is 0.847. The number of nitrogens with zero attached hydrogens (tertiary/aromatic N) is 3. The topological polar surface area (TPSA) is 42.7 Å². The fourth-order valence-corrected chi connectivity index (χ4v) is 2.50. The van der Waals surface area contributed by atoms with Crippen LogP contribution in [0.4, 0.5) is 0 Å². The number of hydrogen-bond donors (Lipinski definition) is 1. The average molecular weight is 248 g/mol. The van der Waals surface area contributed by atoms with E-state index in [2.05, 4.69) is 39.8 Å².